The lowest BCUT2D eigenvalue weighted by atomic mass is 10.1. The Labute approximate surface area is 168 Å². The van der Waals surface area contributed by atoms with Crippen LogP contribution in [0.3, 0.4) is 0 Å². The predicted molar refractivity (Wildman–Crippen MR) is 107 cm³/mol. The highest BCUT2D eigenvalue weighted by Crippen LogP contribution is 2.28. The number of methoxy groups -OCH3 is 1. The van der Waals surface area contributed by atoms with E-state index in [1.54, 1.807) is 42.3 Å². The second-order valence-electron chi connectivity index (χ2n) is 6.45. The summed E-state index contributed by atoms with van der Waals surface area (Å²) >= 11 is 12.0. The summed E-state index contributed by atoms with van der Waals surface area (Å²) in [7, 11) is 1.57. The number of nitrogens with zero attached hydrogens (tertiary/aromatic N) is 1. The molecule has 2 aromatic rings. The highest BCUT2D eigenvalue weighted by molar-refractivity contribution is 6.36. The Morgan fingerprint density at radius 1 is 1.19 bits per heavy atom. The molecule has 1 heterocycles. The number of ether oxygens (including phenoxy) is 1. The average molecular weight is 407 g/mol. The molecule has 1 saturated heterocycles. The first-order chi connectivity index (χ1) is 12.9. The zero-order valence-corrected chi connectivity index (χ0v) is 16.6. The van der Waals surface area contributed by atoms with Gasteiger partial charge in [-0.2, -0.15) is 0 Å². The zero-order chi connectivity index (χ0) is 19.6. The molecule has 0 aliphatic carbocycles. The first-order valence-corrected chi connectivity index (χ1v) is 9.38. The molecule has 0 bridgehead atoms. The molecule has 0 unspecified atom stereocenters. The number of nitrogens with one attached hydrogen (secondary N) is 1. The standard InChI is InChI=1S/C20H20Cl2N2O3/c1-12-5-6-13(10-18(12)27-2)20(26)24-9-3-4-17(24)19(25)23-16-8-7-14(21)11-15(16)22/h5-8,10-11,17H,3-4,9H2,1-2H3,(H,23,25)/t17-/m0/s1. The topological polar surface area (TPSA) is 58.6 Å². The van der Waals surface area contributed by atoms with Crippen molar-refractivity contribution < 1.29 is 14.3 Å². The summed E-state index contributed by atoms with van der Waals surface area (Å²) in [5.41, 5.74) is 1.92. The number of anilines is 1. The van der Waals surface area contributed by atoms with Gasteiger partial charge in [-0.1, -0.05) is 29.3 Å². The maximum absolute atomic E-state index is 13.0. The third-order valence-electron chi connectivity index (χ3n) is 4.66. The molecular weight excluding hydrogens is 387 g/mol. The number of benzene rings is 2. The minimum absolute atomic E-state index is 0.187. The van der Waals surface area contributed by atoms with Crippen LogP contribution < -0.4 is 10.1 Å². The van der Waals surface area contributed by atoms with Gasteiger partial charge in [0.05, 0.1) is 17.8 Å². The largest absolute Gasteiger partial charge is 0.496 e. The minimum Gasteiger partial charge on any atom is -0.496 e. The Morgan fingerprint density at radius 2 is 1.96 bits per heavy atom. The first-order valence-electron chi connectivity index (χ1n) is 8.62. The average Bonchev–Trinajstić information content (AvgIpc) is 3.13. The lowest BCUT2D eigenvalue weighted by Crippen LogP contribution is -2.43. The van der Waals surface area contributed by atoms with Crippen molar-refractivity contribution in [3.05, 3.63) is 57.6 Å². The summed E-state index contributed by atoms with van der Waals surface area (Å²) in [5.74, 6) is 0.200. The molecule has 1 aliphatic heterocycles. The summed E-state index contributed by atoms with van der Waals surface area (Å²) in [5, 5.41) is 3.65. The summed E-state index contributed by atoms with van der Waals surface area (Å²) in [6, 6.07) is 9.62. The van der Waals surface area contributed by atoms with E-state index >= 15 is 0 Å². The number of amides is 2. The molecule has 1 fully saturated rings. The number of likely N-dealkylation sites (tertiary alicyclic amines) is 1. The van der Waals surface area contributed by atoms with Crippen LogP contribution in [0.5, 0.6) is 5.75 Å². The lowest BCUT2D eigenvalue weighted by Gasteiger charge is -2.24. The molecule has 0 saturated carbocycles. The fraction of sp³-hybridized carbons (Fsp3) is 0.300. The summed E-state index contributed by atoms with van der Waals surface area (Å²) in [6.45, 7) is 2.44. The lowest BCUT2D eigenvalue weighted by molar-refractivity contribution is -0.119. The second kappa shape index (κ2) is 8.19. The van der Waals surface area contributed by atoms with Gasteiger partial charge in [-0.15, -0.1) is 0 Å². The van der Waals surface area contributed by atoms with Gasteiger partial charge in [-0.25, -0.2) is 0 Å². The Hall–Kier alpha value is -2.24. The molecule has 27 heavy (non-hydrogen) atoms. The Morgan fingerprint density at radius 3 is 2.67 bits per heavy atom. The molecule has 0 radical (unpaired) electrons. The van der Waals surface area contributed by atoms with Crippen LogP contribution in [-0.2, 0) is 4.79 Å². The molecule has 142 valence electrons. The number of carbonyl (C=O) groups excluding carboxylic acids is 2. The molecule has 5 nitrogen and oxygen atoms in total. The van der Waals surface area contributed by atoms with Crippen LogP contribution in [0.25, 0.3) is 0 Å². The normalized spacial score (nSPS) is 16.3. The van der Waals surface area contributed by atoms with Gasteiger partial charge < -0.3 is 15.0 Å². The van der Waals surface area contributed by atoms with Gasteiger partial charge in [0.25, 0.3) is 5.91 Å². The van der Waals surface area contributed by atoms with Crippen LogP contribution in [0.4, 0.5) is 5.69 Å². The van der Waals surface area contributed by atoms with E-state index < -0.39 is 6.04 Å². The second-order valence-corrected chi connectivity index (χ2v) is 7.30. The minimum atomic E-state index is -0.545. The van der Waals surface area contributed by atoms with Gasteiger partial charge in [0.2, 0.25) is 5.91 Å². The Balaban J connectivity index is 1.78. The van der Waals surface area contributed by atoms with Gasteiger partial charge in [0, 0.05) is 17.1 Å². The number of rotatable bonds is 4. The van der Waals surface area contributed by atoms with Crippen molar-refractivity contribution in [2.75, 3.05) is 19.0 Å². The van der Waals surface area contributed by atoms with Crippen molar-refractivity contribution in [2.45, 2.75) is 25.8 Å². The smallest absolute Gasteiger partial charge is 0.254 e. The van der Waals surface area contributed by atoms with E-state index in [2.05, 4.69) is 5.32 Å². The number of aryl methyl sites for hydroxylation is 1. The van der Waals surface area contributed by atoms with Gasteiger partial charge in [0.1, 0.15) is 11.8 Å². The highest BCUT2D eigenvalue weighted by Gasteiger charge is 2.35. The van der Waals surface area contributed by atoms with E-state index in [0.717, 1.165) is 12.0 Å². The molecule has 1 atom stereocenters. The molecule has 3 rings (SSSR count). The summed E-state index contributed by atoms with van der Waals surface area (Å²) < 4.78 is 5.30. The van der Waals surface area contributed by atoms with Crippen LogP contribution in [0, 0.1) is 6.92 Å². The third-order valence-corrected chi connectivity index (χ3v) is 5.21. The fourth-order valence-corrected chi connectivity index (χ4v) is 3.66. The van der Waals surface area contributed by atoms with Crippen molar-refractivity contribution in [1.29, 1.82) is 0 Å². The van der Waals surface area contributed by atoms with E-state index in [0.29, 0.717) is 40.0 Å². The van der Waals surface area contributed by atoms with Gasteiger partial charge in [-0.3, -0.25) is 9.59 Å². The van der Waals surface area contributed by atoms with Crippen LogP contribution in [0.15, 0.2) is 36.4 Å². The number of halogens is 2. The van der Waals surface area contributed by atoms with Gasteiger partial charge in [0.15, 0.2) is 0 Å². The van der Waals surface area contributed by atoms with Gasteiger partial charge in [-0.05, 0) is 55.7 Å². The van der Waals surface area contributed by atoms with Crippen LogP contribution in [0.1, 0.15) is 28.8 Å². The first kappa shape index (κ1) is 19.5. The molecule has 1 aliphatic rings. The van der Waals surface area contributed by atoms with Crippen molar-refractivity contribution in [1.82, 2.24) is 4.90 Å². The fourth-order valence-electron chi connectivity index (χ4n) is 3.21. The molecule has 1 N–H and O–H groups in total. The summed E-state index contributed by atoms with van der Waals surface area (Å²) in [6.07, 6.45) is 1.37. The Kier molecular flexibility index (Phi) is 5.92. The van der Waals surface area contributed by atoms with Crippen molar-refractivity contribution in [2.24, 2.45) is 0 Å². The zero-order valence-electron chi connectivity index (χ0n) is 15.1. The third kappa shape index (κ3) is 4.20. The van der Waals surface area contributed by atoms with Crippen LogP contribution in [0.2, 0.25) is 10.0 Å². The van der Waals surface area contributed by atoms with Crippen LogP contribution >= 0.6 is 23.2 Å². The quantitative estimate of drug-likeness (QED) is 0.809. The number of hydrogen-bond acceptors (Lipinski definition) is 3. The maximum Gasteiger partial charge on any atom is 0.254 e. The van der Waals surface area contributed by atoms with Crippen molar-refractivity contribution in [3.8, 4) is 5.75 Å². The molecule has 0 spiro atoms. The molecule has 0 aromatic heterocycles. The number of carbonyl (C=O) groups is 2. The SMILES string of the molecule is COc1cc(C(=O)N2CCC[C@H]2C(=O)Nc2ccc(Cl)cc2Cl)ccc1C. The van der Waals surface area contributed by atoms with E-state index in [1.165, 1.54) is 0 Å². The van der Waals surface area contributed by atoms with Crippen molar-refractivity contribution >= 4 is 40.7 Å². The molecule has 2 aromatic carbocycles. The van der Waals surface area contributed by atoms with Crippen LogP contribution in [-0.4, -0.2) is 36.4 Å². The molecule has 2 amide bonds. The van der Waals surface area contributed by atoms with Gasteiger partial charge >= 0.3 is 0 Å². The Bertz CT molecular complexity index is 886. The van der Waals surface area contributed by atoms with E-state index in [-0.39, 0.29) is 11.8 Å². The van der Waals surface area contributed by atoms with Crippen molar-refractivity contribution in [3.63, 3.8) is 0 Å². The predicted octanol–water partition coefficient (Wildman–Crippen LogP) is 4.55. The molecular formula is C20H20Cl2N2O3. The summed E-state index contributed by atoms with van der Waals surface area (Å²) in [4.78, 5) is 27.3. The maximum atomic E-state index is 13.0. The highest BCUT2D eigenvalue weighted by atomic mass is 35.5. The number of hydrogen-bond donors (Lipinski definition) is 1. The van der Waals surface area contributed by atoms with E-state index in [9.17, 15) is 9.59 Å². The van der Waals surface area contributed by atoms with E-state index in [1.807, 2.05) is 13.0 Å². The monoisotopic (exact) mass is 406 g/mol. The van der Waals surface area contributed by atoms with E-state index in [4.69, 9.17) is 27.9 Å². The molecule has 7 heteroatoms.